The van der Waals surface area contributed by atoms with Crippen LogP contribution in [0.15, 0.2) is 23.2 Å². The summed E-state index contributed by atoms with van der Waals surface area (Å²) < 4.78 is 11.4. The fourth-order valence-electron chi connectivity index (χ4n) is 2.84. The van der Waals surface area contributed by atoms with Gasteiger partial charge >= 0.3 is 0 Å². The predicted octanol–water partition coefficient (Wildman–Crippen LogP) is 1.96. The normalized spacial score (nSPS) is 11.8. The molecule has 0 saturated heterocycles. The summed E-state index contributed by atoms with van der Waals surface area (Å²) in [6.07, 6.45) is 0.923. The van der Waals surface area contributed by atoms with Crippen LogP contribution < -0.4 is 20.5 Å². The number of nitrogens with two attached hydrogens (primary N) is 1. The van der Waals surface area contributed by atoms with Crippen LogP contribution in [0.4, 0.5) is 0 Å². The number of aromatic amines is 1. The molecule has 2 aromatic rings. The average molecular weight is 375 g/mol. The molecule has 0 atom stereocenters. The Morgan fingerprint density at radius 2 is 2.00 bits per heavy atom. The lowest BCUT2D eigenvalue weighted by molar-refractivity contribution is 0.0972. The predicted molar refractivity (Wildman–Crippen MR) is 108 cm³/mol. The summed E-state index contributed by atoms with van der Waals surface area (Å²) in [7, 11) is 3.10. The van der Waals surface area contributed by atoms with Crippen LogP contribution in [-0.2, 0) is 0 Å². The number of aliphatic imine (C=N–C) groups is 1. The second-order valence-electron chi connectivity index (χ2n) is 6.03. The number of ether oxygens (including phenoxy) is 2. The van der Waals surface area contributed by atoms with Crippen molar-refractivity contribution >= 4 is 22.8 Å². The largest absolute Gasteiger partial charge is 0.496 e. The molecular weight excluding hydrogens is 346 g/mol. The molecule has 27 heavy (non-hydrogen) atoms. The van der Waals surface area contributed by atoms with Crippen molar-refractivity contribution in [3.8, 4) is 11.5 Å². The van der Waals surface area contributed by atoms with E-state index in [1.54, 1.807) is 13.2 Å². The van der Waals surface area contributed by atoms with E-state index in [0.717, 1.165) is 31.4 Å². The number of aromatic nitrogens is 1. The molecule has 4 N–H and O–H groups in total. The van der Waals surface area contributed by atoms with E-state index in [4.69, 9.17) is 15.2 Å². The molecule has 0 radical (unpaired) electrons. The summed E-state index contributed by atoms with van der Waals surface area (Å²) in [6, 6.07) is 5.40. The standard InChI is InChI=1S/C19H29N5O3/c1-5-24(6-2)10-7-11-27-16-9-8-15(26-4)13-12-14(22-17(13)16)18(25)23-19(20)21-3/h8-9,12,22H,5-7,10-11H2,1-4H3,(H3,20,21,23,25). The van der Waals surface area contributed by atoms with E-state index < -0.39 is 0 Å². The minimum atomic E-state index is -0.371. The zero-order chi connectivity index (χ0) is 19.8. The van der Waals surface area contributed by atoms with Gasteiger partial charge in [-0.3, -0.25) is 15.1 Å². The topological polar surface area (TPSA) is 105 Å². The van der Waals surface area contributed by atoms with Gasteiger partial charge in [0.15, 0.2) is 5.96 Å². The van der Waals surface area contributed by atoms with Crippen molar-refractivity contribution < 1.29 is 14.3 Å². The van der Waals surface area contributed by atoms with Crippen LogP contribution in [0.1, 0.15) is 30.8 Å². The number of H-pyrrole nitrogens is 1. The fraction of sp³-hybridized carbons (Fsp3) is 0.474. The molecule has 0 aliphatic carbocycles. The number of carbonyl (C=O) groups is 1. The van der Waals surface area contributed by atoms with E-state index >= 15 is 0 Å². The van der Waals surface area contributed by atoms with Crippen molar-refractivity contribution in [2.75, 3.05) is 40.4 Å². The van der Waals surface area contributed by atoms with Gasteiger partial charge in [-0.25, -0.2) is 0 Å². The van der Waals surface area contributed by atoms with Gasteiger partial charge in [0.1, 0.15) is 17.2 Å². The molecule has 148 valence electrons. The molecule has 0 saturated carbocycles. The fourth-order valence-corrected chi connectivity index (χ4v) is 2.84. The third-order valence-electron chi connectivity index (χ3n) is 4.43. The van der Waals surface area contributed by atoms with Gasteiger partial charge < -0.3 is 25.1 Å². The molecule has 1 heterocycles. The molecule has 0 spiro atoms. The van der Waals surface area contributed by atoms with Crippen LogP contribution in [0.25, 0.3) is 10.9 Å². The van der Waals surface area contributed by atoms with E-state index in [-0.39, 0.29) is 11.9 Å². The first-order valence-corrected chi connectivity index (χ1v) is 9.12. The number of guanidine groups is 1. The SMILES string of the molecule is CCN(CC)CCCOc1ccc(OC)c2cc(C(=O)NC(N)=NC)[nH]c12. The number of hydrogen-bond acceptors (Lipinski definition) is 5. The van der Waals surface area contributed by atoms with E-state index in [0.29, 0.717) is 29.3 Å². The highest BCUT2D eigenvalue weighted by atomic mass is 16.5. The number of methoxy groups -OCH3 is 1. The average Bonchev–Trinajstić information content (AvgIpc) is 3.13. The molecule has 8 heteroatoms. The van der Waals surface area contributed by atoms with Gasteiger partial charge in [0, 0.05) is 19.0 Å². The van der Waals surface area contributed by atoms with Crippen molar-refractivity contribution in [2.45, 2.75) is 20.3 Å². The number of nitrogens with one attached hydrogen (secondary N) is 2. The molecule has 0 fully saturated rings. The van der Waals surface area contributed by atoms with Gasteiger partial charge in [0.2, 0.25) is 0 Å². The highest BCUT2D eigenvalue weighted by Gasteiger charge is 2.16. The third-order valence-corrected chi connectivity index (χ3v) is 4.43. The maximum atomic E-state index is 12.3. The molecule has 8 nitrogen and oxygen atoms in total. The third kappa shape index (κ3) is 5.13. The Morgan fingerprint density at radius 3 is 2.63 bits per heavy atom. The Kier molecular flexibility index (Phi) is 7.48. The van der Waals surface area contributed by atoms with Gasteiger partial charge in [-0.2, -0.15) is 0 Å². The van der Waals surface area contributed by atoms with E-state index in [1.807, 2.05) is 12.1 Å². The summed E-state index contributed by atoms with van der Waals surface area (Å²) in [5.74, 6) is 1.02. The van der Waals surface area contributed by atoms with E-state index in [1.165, 1.54) is 7.05 Å². The molecule has 0 unspecified atom stereocenters. The second kappa shape index (κ2) is 9.82. The quantitative estimate of drug-likeness (QED) is 0.353. The van der Waals surface area contributed by atoms with Gasteiger partial charge in [-0.05, 0) is 37.7 Å². The van der Waals surface area contributed by atoms with Crippen LogP contribution in [0, 0.1) is 0 Å². The van der Waals surface area contributed by atoms with Crippen molar-refractivity contribution in [3.05, 3.63) is 23.9 Å². The number of rotatable bonds is 9. The minimum Gasteiger partial charge on any atom is -0.496 e. The lowest BCUT2D eigenvalue weighted by Crippen LogP contribution is -2.36. The Balaban J connectivity index is 2.18. The molecule has 1 amide bonds. The Morgan fingerprint density at radius 1 is 1.30 bits per heavy atom. The lowest BCUT2D eigenvalue weighted by Gasteiger charge is -2.17. The molecule has 2 rings (SSSR count). The maximum absolute atomic E-state index is 12.3. The van der Waals surface area contributed by atoms with Crippen molar-refractivity contribution in [2.24, 2.45) is 10.7 Å². The molecule has 0 bridgehead atoms. The number of nitrogens with zero attached hydrogens (tertiary/aromatic N) is 2. The molecule has 0 aliphatic rings. The van der Waals surface area contributed by atoms with Crippen LogP contribution in [0.5, 0.6) is 11.5 Å². The number of fused-ring (bicyclic) bond motifs is 1. The van der Waals surface area contributed by atoms with Gasteiger partial charge in [0.25, 0.3) is 5.91 Å². The summed E-state index contributed by atoms with van der Waals surface area (Å²) in [4.78, 5) is 21.5. The monoisotopic (exact) mass is 375 g/mol. The number of carbonyl (C=O) groups excluding carboxylic acids is 1. The molecule has 1 aromatic heterocycles. The van der Waals surface area contributed by atoms with Crippen molar-refractivity contribution in [1.82, 2.24) is 15.2 Å². The summed E-state index contributed by atoms with van der Waals surface area (Å²) in [5.41, 5.74) is 6.64. The summed E-state index contributed by atoms with van der Waals surface area (Å²) >= 11 is 0. The molecular formula is C19H29N5O3. The first-order valence-electron chi connectivity index (χ1n) is 9.12. The van der Waals surface area contributed by atoms with Gasteiger partial charge in [-0.15, -0.1) is 0 Å². The highest BCUT2D eigenvalue weighted by Crippen LogP contribution is 2.33. The molecule has 0 aliphatic heterocycles. The zero-order valence-corrected chi connectivity index (χ0v) is 16.5. The second-order valence-corrected chi connectivity index (χ2v) is 6.03. The maximum Gasteiger partial charge on any atom is 0.274 e. The Hall–Kier alpha value is -2.74. The van der Waals surface area contributed by atoms with E-state index in [2.05, 4.69) is 34.0 Å². The Bertz CT molecular complexity index is 796. The molecule has 1 aromatic carbocycles. The van der Waals surface area contributed by atoms with Crippen LogP contribution in [0.2, 0.25) is 0 Å². The van der Waals surface area contributed by atoms with Crippen molar-refractivity contribution in [3.63, 3.8) is 0 Å². The number of benzene rings is 1. The van der Waals surface area contributed by atoms with Crippen LogP contribution in [0.3, 0.4) is 0 Å². The lowest BCUT2D eigenvalue weighted by atomic mass is 10.2. The number of hydrogen-bond donors (Lipinski definition) is 3. The summed E-state index contributed by atoms with van der Waals surface area (Å²) in [6.45, 7) is 7.94. The van der Waals surface area contributed by atoms with Gasteiger partial charge in [0.05, 0.1) is 19.2 Å². The highest BCUT2D eigenvalue weighted by molar-refractivity contribution is 6.07. The van der Waals surface area contributed by atoms with Crippen molar-refractivity contribution in [1.29, 1.82) is 0 Å². The first kappa shape index (κ1) is 20.6. The summed E-state index contributed by atoms with van der Waals surface area (Å²) in [5, 5.41) is 3.29. The first-order chi connectivity index (χ1) is 13.0. The Labute approximate surface area is 159 Å². The van der Waals surface area contributed by atoms with E-state index in [9.17, 15) is 4.79 Å². The zero-order valence-electron chi connectivity index (χ0n) is 16.5. The minimum absolute atomic E-state index is 0.0542. The smallest absolute Gasteiger partial charge is 0.274 e. The van der Waals surface area contributed by atoms with Crippen LogP contribution >= 0.6 is 0 Å². The number of amides is 1. The van der Waals surface area contributed by atoms with Gasteiger partial charge in [-0.1, -0.05) is 13.8 Å². The van der Waals surface area contributed by atoms with Crippen LogP contribution in [-0.4, -0.2) is 62.1 Å².